The largest absolute Gasteiger partial charge is 0.354 e. The summed E-state index contributed by atoms with van der Waals surface area (Å²) in [6.07, 6.45) is 0. The van der Waals surface area contributed by atoms with E-state index < -0.39 is 5.38 Å². The van der Waals surface area contributed by atoms with Gasteiger partial charge >= 0.3 is 0 Å². The molecule has 0 aromatic rings. The Bertz CT molecular complexity index is 315. The number of amides is 2. The van der Waals surface area contributed by atoms with Crippen molar-refractivity contribution >= 4 is 91.5 Å². The normalized spacial score (nSPS) is 13.1. The van der Waals surface area contributed by atoms with E-state index in [2.05, 4.69) is 90.3 Å². The number of carbonyl (C=O) groups is 2. The first kappa shape index (κ1) is 20.3. The summed E-state index contributed by atoms with van der Waals surface area (Å²) in [5.41, 5.74) is -0.269. The smallest absolute Gasteiger partial charge is 0.258 e. The molecule has 0 heterocycles. The van der Waals surface area contributed by atoms with E-state index in [1.54, 1.807) is 6.92 Å². The average molecular weight is 595 g/mol. The van der Waals surface area contributed by atoms with Gasteiger partial charge in [-0.1, -0.05) is 45.7 Å². The molecule has 0 aliphatic rings. The topological polar surface area (TPSA) is 58.2 Å². The molecule has 0 radical (unpaired) electrons. The summed E-state index contributed by atoms with van der Waals surface area (Å²) in [7, 11) is 0. The molecule has 0 spiro atoms. The van der Waals surface area contributed by atoms with E-state index in [-0.39, 0.29) is 17.2 Å². The molecule has 0 saturated carbocycles. The van der Waals surface area contributed by atoms with E-state index >= 15 is 0 Å². The Kier molecular flexibility index (Phi) is 8.09. The molecule has 2 amide bonds. The van der Waals surface area contributed by atoms with Crippen molar-refractivity contribution in [1.29, 1.82) is 0 Å². The maximum atomic E-state index is 11.7. The number of rotatable bonds is 5. The molecule has 0 bridgehead atoms. The summed E-state index contributed by atoms with van der Waals surface area (Å²) < 4.78 is -1.74. The van der Waals surface area contributed by atoms with Crippen molar-refractivity contribution in [3.8, 4) is 0 Å². The Morgan fingerprint density at radius 2 is 1.21 bits per heavy atom. The molecule has 2 N–H and O–H groups in total. The van der Waals surface area contributed by atoms with Crippen molar-refractivity contribution in [2.24, 2.45) is 5.41 Å². The molecule has 0 saturated heterocycles. The number of hydrogen-bond donors (Lipinski definition) is 2. The first-order valence-corrected chi connectivity index (χ1v) is 9.23. The zero-order chi connectivity index (χ0) is 15.5. The van der Waals surface area contributed by atoms with Crippen LogP contribution in [0.25, 0.3) is 0 Å². The fourth-order valence-corrected chi connectivity index (χ4v) is 1.66. The first-order valence-electron chi connectivity index (χ1n) is 5.27. The highest BCUT2D eigenvalue weighted by atomic mass is 80.0. The van der Waals surface area contributed by atoms with Crippen LogP contribution in [-0.2, 0) is 9.59 Å². The van der Waals surface area contributed by atoms with Gasteiger partial charge in [-0.3, -0.25) is 9.59 Å². The van der Waals surface area contributed by atoms with E-state index in [0.717, 1.165) is 0 Å². The predicted octanol–water partition coefficient (Wildman–Crippen LogP) is 3.59. The lowest BCUT2D eigenvalue weighted by molar-refractivity contribution is -0.121. The third-order valence-corrected chi connectivity index (χ3v) is 3.91. The van der Waals surface area contributed by atoms with Crippen LogP contribution in [0.5, 0.6) is 0 Å². The summed E-state index contributed by atoms with van der Waals surface area (Å²) >= 11 is 15.8. The molecule has 0 rings (SSSR count). The molecule has 9 heteroatoms. The molecular formula is C10H15Br5N2O2. The van der Waals surface area contributed by atoms with E-state index in [4.69, 9.17) is 0 Å². The summed E-state index contributed by atoms with van der Waals surface area (Å²) in [5.74, 6) is -0.402. The fourth-order valence-electron chi connectivity index (χ4n) is 0.957. The van der Waals surface area contributed by atoms with Gasteiger partial charge in [-0.05, 0) is 60.1 Å². The summed E-state index contributed by atoms with van der Waals surface area (Å²) in [4.78, 5) is 23.3. The van der Waals surface area contributed by atoms with E-state index in [9.17, 15) is 9.59 Å². The van der Waals surface area contributed by atoms with Gasteiger partial charge in [0, 0.05) is 13.1 Å². The van der Waals surface area contributed by atoms with Crippen LogP contribution in [0, 0.1) is 5.41 Å². The minimum Gasteiger partial charge on any atom is -0.354 e. The van der Waals surface area contributed by atoms with Crippen molar-refractivity contribution in [3.05, 3.63) is 0 Å². The Balaban J connectivity index is 4.28. The molecule has 0 aliphatic carbocycles. The van der Waals surface area contributed by atoms with Gasteiger partial charge < -0.3 is 10.6 Å². The van der Waals surface area contributed by atoms with E-state index in [1.165, 1.54) is 0 Å². The second kappa shape index (κ2) is 7.56. The van der Waals surface area contributed by atoms with Crippen LogP contribution in [0.4, 0.5) is 0 Å². The van der Waals surface area contributed by atoms with Gasteiger partial charge in [-0.15, -0.1) is 0 Å². The average Bonchev–Trinajstić information content (AvgIpc) is 2.20. The van der Waals surface area contributed by atoms with Crippen molar-refractivity contribution < 1.29 is 9.59 Å². The maximum Gasteiger partial charge on any atom is 0.258 e. The lowest BCUT2D eigenvalue weighted by Crippen LogP contribution is -2.46. The third-order valence-electron chi connectivity index (χ3n) is 2.11. The highest BCUT2D eigenvalue weighted by molar-refractivity contribution is 9.40. The monoisotopic (exact) mass is 590 g/mol. The Hall–Kier alpha value is 1.34. The first-order chi connectivity index (χ1) is 8.26. The van der Waals surface area contributed by atoms with Crippen LogP contribution in [0.15, 0.2) is 0 Å². The highest BCUT2D eigenvalue weighted by Gasteiger charge is 2.31. The van der Waals surface area contributed by atoms with Crippen LogP contribution in [-0.4, -0.2) is 30.3 Å². The third kappa shape index (κ3) is 9.06. The summed E-state index contributed by atoms with van der Waals surface area (Å²) in [5, 5.41) is 5.58. The van der Waals surface area contributed by atoms with E-state index in [1.807, 2.05) is 13.8 Å². The Morgan fingerprint density at radius 1 is 0.842 bits per heavy atom. The van der Waals surface area contributed by atoms with Crippen LogP contribution in [0.3, 0.4) is 0 Å². The van der Waals surface area contributed by atoms with Crippen molar-refractivity contribution in [2.45, 2.75) is 26.1 Å². The van der Waals surface area contributed by atoms with Gasteiger partial charge in [-0.2, -0.15) is 0 Å². The SMILES string of the molecule is CC(C)(CNC(=O)C(C)(Br)Br)CNC(=O)C(Br)(Br)Br. The van der Waals surface area contributed by atoms with Crippen molar-refractivity contribution in [2.75, 3.05) is 13.1 Å². The van der Waals surface area contributed by atoms with Crippen molar-refractivity contribution in [3.63, 3.8) is 0 Å². The summed E-state index contributed by atoms with van der Waals surface area (Å²) in [6, 6.07) is 0. The lowest BCUT2D eigenvalue weighted by atomic mass is 9.93. The van der Waals surface area contributed by atoms with Gasteiger partial charge in [-0.25, -0.2) is 0 Å². The van der Waals surface area contributed by atoms with Gasteiger partial charge in [0.05, 0.1) is 0 Å². The highest BCUT2D eigenvalue weighted by Crippen LogP contribution is 2.33. The zero-order valence-electron chi connectivity index (χ0n) is 10.6. The number of nitrogens with one attached hydrogen (secondary N) is 2. The van der Waals surface area contributed by atoms with Gasteiger partial charge in [0.25, 0.3) is 5.91 Å². The second-order valence-corrected chi connectivity index (χ2v) is 15.9. The molecule has 19 heavy (non-hydrogen) atoms. The number of halogens is 5. The molecular weight excluding hydrogens is 580 g/mol. The Labute approximate surface area is 155 Å². The van der Waals surface area contributed by atoms with E-state index in [0.29, 0.717) is 13.1 Å². The van der Waals surface area contributed by atoms with Crippen LogP contribution >= 0.6 is 79.6 Å². The predicted molar refractivity (Wildman–Crippen MR) is 95.6 cm³/mol. The Morgan fingerprint density at radius 3 is 1.53 bits per heavy atom. The van der Waals surface area contributed by atoms with Crippen molar-refractivity contribution in [1.82, 2.24) is 10.6 Å². The molecule has 0 aromatic heterocycles. The van der Waals surface area contributed by atoms with Gasteiger partial charge in [0.1, 0.15) is 0 Å². The minimum absolute atomic E-state index is 0.164. The van der Waals surface area contributed by atoms with Gasteiger partial charge in [0.2, 0.25) is 8.05 Å². The standard InChI is InChI=1S/C10H15Br5N2O2/c1-8(2,4-16-6(18)9(3,11)12)5-17-7(19)10(13,14)15/h4-5H2,1-3H3,(H,16,18)(H,17,19). The molecule has 0 atom stereocenters. The number of carbonyl (C=O) groups excluding carboxylic acids is 2. The zero-order valence-corrected chi connectivity index (χ0v) is 18.6. The minimum atomic E-state index is -0.962. The molecule has 0 aromatic carbocycles. The van der Waals surface area contributed by atoms with Gasteiger partial charge in [0.15, 0.2) is 3.23 Å². The number of alkyl halides is 5. The number of hydrogen-bond acceptors (Lipinski definition) is 2. The van der Waals surface area contributed by atoms with Crippen LogP contribution < -0.4 is 10.6 Å². The molecule has 112 valence electrons. The quantitative estimate of drug-likeness (QED) is 0.479. The molecule has 0 fully saturated rings. The molecule has 0 aliphatic heterocycles. The lowest BCUT2D eigenvalue weighted by Gasteiger charge is -2.27. The van der Waals surface area contributed by atoms with Crippen LogP contribution in [0.1, 0.15) is 20.8 Å². The van der Waals surface area contributed by atoms with Crippen LogP contribution in [0.2, 0.25) is 0 Å². The second-order valence-electron chi connectivity index (χ2n) is 4.92. The maximum absolute atomic E-state index is 11.7. The summed E-state index contributed by atoms with van der Waals surface area (Å²) in [6.45, 7) is 6.47. The molecule has 4 nitrogen and oxygen atoms in total. The molecule has 0 unspecified atom stereocenters. The fraction of sp³-hybridized carbons (Fsp3) is 0.800.